The molecule has 1 fully saturated rings. The van der Waals surface area contributed by atoms with Gasteiger partial charge in [-0.05, 0) is 26.8 Å². The van der Waals surface area contributed by atoms with Crippen molar-refractivity contribution < 1.29 is 4.74 Å². The van der Waals surface area contributed by atoms with Crippen LogP contribution in [0.15, 0.2) is 0 Å². The van der Waals surface area contributed by atoms with Crippen LogP contribution < -0.4 is 5.32 Å². The molecule has 0 bridgehead atoms. The molecular formula is C12H23N3O. The largest absolute Gasteiger partial charge is 0.376 e. The Morgan fingerprint density at radius 1 is 1.56 bits per heavy atom. The molecule has 1 heterocycles. The van der Waals surface area contributed by atoms with Gasteiger partial charge >= 0.3 is 0 Å². The first-order valence-corrected chi connectivity index (χ1v) is 6.16. The molecule has 16 heavy (non-hydrogen) atoms. The van der Waals surface area contributed by atoms with Crippen molar-refractivity contribution in [1.82, 2.24) is 10.2 Å². The first kappa shape index (κ1) is 13.4. The first-order valence-electron chi connectivity index (χ1n) is 6.16. The van der Waals surface area contributed by atoms with E-state index in [1.807, 2.05) is 6.92 Å². The van der Waals surface area contributed by atoms with Crippen LogP contribution in [-0.4, -0.2) is 49.3 Å². The summed E-state index contributed by atoms with van der Waals surface area (Å²) in [4.78, 5) is 2.41. The highest BCUT2D eigenvalue weighted by atomic mass is 16.5. The Hall–Kier alpha value is -0.630. The number of nitrogens with one attached hydrogen (secondary N) is 1. The molecule has 3 atom stereocenters. The van der Waals surface area contributed by atoms with E-state index >= 15 is 0 Å². The molecule has 4 nitrogen and oxygen atoms in total. The zero-order chi connectivity index (χ0) is 12.0. The Morgan fingerprint density at radius 2 is 2.31 bits per heavy atom. The van der Waals surface area contributed by atoms with Crippen molar-refractivity contribution in [3.63, 3.8) is 0 Å². The van der Waals surface area contributed by atoms with Crippen LogP contribution in [0.25, 0.3) is 0 Å². The fraction of sp³-hybridized carbons (Fsp3) is 0.917. The Bertz CT molecular complexity index is 239. The van der Waals surface area contributed by atoms with Crippen LogP contribution in [0.4, 0.5) is 0 Å². The molecule has 1 saturated heterocycles. The van der Waals surface area contributed by atoms with Crippen LogP contribution in [0.2, 0.25) is 0 Å². The number of hydrogen-bond donors (Lipinski definition) is 1. The van der Waals surface area contributed by atoms with Gasteiger partial charge in [-0.2, -0.15) is 5.26 Å². The number of ether oxygens (including phenoxy) is 1. The van der Waals surface area contributed by atoms with Crippen molar-refractivity contribution in [2.45, 2.75) is 45.4 Å². The lowest BCUT2D eigenvalue weighted by Gasteiger charge is -2.37. The quantitative estimate of drug-likeness (QED) is 0.758. The molecule has 0 spiro atoms. The van der Waals surface area contributed by atoms with Gasteiger partial charge in [-0.15, -0.1) is 0 Å². The van der Waals surface area contributed by atoms with E-state index in [0.29, 0.717) is 12.1 Å². The minimum Gasteiger partial charge on any atom is -0.376 e. The lowest BCUT2D eigenvalue weighted by atomic mass is 10.1. The minimum absolute atomic E-state index is 0.0182. The number of hydrogen-bond acceptors (Lipinski definition) is 4. The fourth-order valence-corrected chi connectivity index (χ4v) is 2.04. The molecule has 92 valence electrons. The molecule has 3 unspecified atom stereocenters. The van der Waals surface area contributed by atoms with Gasteiger partial charge in [0, 0.05) is 19.1 Å². The predicted octanol–water partition coefficient (Wildman–Crippen LogP) is 0.987. The maximum absolute atomic E-state index is 8.95. The molecule has 0 aromatic rings. The van der Waals surface area contributed by atoms with Crippen molar-refractivity contribution in [2.75, 3.05) is 26.2 Å². The van der Waals surface area contributed by atoms with E-state index in [1.54, 1.807) is 0 Å². The predicted molar refractivity (Wildman–Crippen MR) is 64.1 cm³/mol. The normalized spacial score (nSPS) is 28.6. The van der Waals surface area contributed by atoms with Crippen LogP contribution in [-0.2, 0) is 4.74 Å². The zero-order valence-electron chi connectivity index (χ0n) is 10.6. The van der Waals surface area contributed by atoms with Gasteiger partial charge < -0.3 is 10.1 Å². The van der Waals surface area contributed by atoms with E-state index in [4.69, 9.17) is 10.00 Å². The van der Waals surface area contributed by atoms with Crippen LogP contribution in [0, 0.1) is 11.3 Å². The summed E-state index contributed by atoms with van der Waals surface area (Å²) < 4.78 is 5.58. The van der Waals surface area contributed by atoms with Crippen molar-refractivity contribution in [2.24, 2.45) is 0 Å². The smallest absolute Gasteiger partial charge is 0.0965 e. The van der Waals surface area contributed by atoms with Crippen LogP contribution in [0.1, 0.15) is 27.2 Å². The summed E-state index contributed by atoms with van der Waals surface area (Å²) in [6, 6.07) is 2.75. The van der Waals surface area contributed by atoms with Gasteiger partial charge in [0.15, 0.2) is 0 Å². The fourth-order valence-electron chi connectivity index (χ4n) is 2.04. The maximum Gasteiger partial charge on any atom is 0.0965 e. The zero-order valence-corrected chi connectivity index (χ0v) is 10.6. The monoisotopic (exact) mass is 225 g/mol. The Balaban J connectivity index is 2.32. The molecule has 0 aliphatic carbocycles. The van der Waals surface area contributed by atoms with Crippen molar-refractivity contribution in [1.29, 1.82) is 5.26 Å². The van der Waals surface area contributed by atoms with Crippen LogP contribution in [0.5, 0.6) is 0 Å². The molecule has 0 amide bonds. The number of nitriles is 1. The Morgan fingerprint density at radius 3 is 2.94 bits per heavy atom. The Labute approximate surface area is 98.6 Å². The van der Waals surface area contributed by atoms with Gasteiger partial charge in [0.2, 0.25) is 0 Å². The number of morpholine rings is 1. The molecule has 1 aliphatic rings. The summed E-state index contributed by atoms with van der Waals surface area (Å²) >= 11 is 0. The highest BCUT2D eigenvalue weighted by molar-refractivity contribution is 4.90. The lowest BCUT2D eigenvalue weighted by molar-refractivity contribution is -0.0498. The highest BCUT2D eigenvalue weighted by Gasteiger charge is 2.23. The second-order valence-corrected chi connectivity index (χ2v) is 4.52. The van der Waals surface area contributed by atoms with E-state index in [1.165, 1.54) is 0 Å². The second kappa shape index (κ2) is 6.85. The van der Waals surface area contributed by atoms with E-state index in [-0.39, 0.29) is 6.04 Å². The van der Waals surface area contributed by atoms with Crippen molar-refractivity contribution in [3.8, 4) is 6.07 Å². The topological polar surface area (TPSA) is 48.3 Å². The average Bonchev–Trinajstić information content (AvgIpc) is 2.28. The molecule has 1 rings (SSSR count). The van der Waals surface area contributed by atoms with Gasteiger partial charge in [-0.3, -0.25) is 4.90 Å². The van der Waals surface area contributed by atoms with E-state index in [9.17, 15) is 0 Å². The maximum atomic E-state index is 8.95. The van der Waals surface area contributed by atoms with E-state index < -0.39 is 0 Å². The first-order chi connectivity index (χ1) is 7.67. The molecule has 4 heteroatoms. The van der Waals surface area contributed by atoms with E-state index in [2.05, 4.69) is 30.1 Å². The third-order valence-corrected chi connectivity index (χ3v) is 3.05. The van der Waals surface area contributed by atoms with Crippen molar-refractivity contribution >= 4 is 0 Å². The number of nitrogens with zero attached hydrogens (tertiary/aromatic N) is 2. The molecule has 0 radical (unpaired) electrons. The summed E-state index contributed by atoms with van der Waals surface area (Å²) in [5.41, 5.74) is 0. The summed E-state index contributed by atoms with van der Waals surface area (Å²) in [5, 5.41) is 12.1. The van der Waals surface area contributed by atoms with Gasteiger partial charge in [-0.25, -0.2) is 0 Å². The summed E-state index contributed by atoms with van der Waals surface area (Å²) in [7, 11) is 0. The van der Waals surface area contributed by atoms with Crippen LogP contribution >= 0.6 is 0 Å². The lowest BCUT2D eigenvalue weighted by Crippen LogP contribution is -2.48. The minimum atomic E-state index is -0.0182. The molecule has 1 N–H and O–H groups in total. The summed E-state index contributed by atoms with van der Waals surface area (Å²) in [6.45, 7) is 9.92. The standard InChI is InChI=1S/C12H23N3O/c1-4-14-12(7-13)5-6-15-8-11(3)16-9-10(15)2/h10-12,14H,4-6,8-9H2,1-3H3. The van der Waals surface area contributed by atoms with Gasteiger partial charge in [0.1, 0.15) is 0 Å². The van der Waals surface area contributed by atoms with Gasteiger partial charge in [0.05, 0.1) is 24.8 Å². The average molecular weight is 225 g/mol. The number of rotatable bonds is 5. The third kappa shape index (κ3) is 4.09. The van der Waals surface area contributed by atoms with Gasteiger partial charge in [0.25, 0.3) is 0 Å². The second-order valence-electron chi connectivity index (χ2n) is 4.52. The van der Waals surface area contributed by atoms with Crippen LogP contribution in [0.3, 0.4) is 0 Å². The molecule has 0 saturated carbocycles. The molecule has 0 aromatic heterocycles. The summed E-state index contributed by atoms with van der Waals surface area (Å²) in [6.07, 6.45) is 1.21. The molecule has 1 aliphatic heterocycles. The SMILES string of the molecule is CCNC(C#N)CCN1CC(C)OCC1C. The molecule has 0 aromatic carbocycles. The van der Waals surface area contributed by atoms with Crippen molar-refractivity contribution in [3.05, 3.63) is 0 Å². The van der Waals surface area contributed by atoms with Gasteiger partial charge in [-0.1, -0.05) is 6.92 Å². The van der Waals surface area contributed by atoms with E-state index in [0.717, 1.165) is 32.7 Å². The third-order valence-electron chi connectivity index (χ3n) is 3.05. The Kier molecular flexibility index (Phi) is 5.75. The highest BCUT2D eigenvalue weighted by Crippen LogP contribution is 2.12. The summed E-state index contributed by atoms with van der Waals surface area (Å²) in [5.74, 6) is 0. The molecular weight excluding hydrogens is 202 g/mol.